The molecule has 0 aliphatic heterocycles. The van der Waals surface area contributed by atoms with Crippen LogP contribution in [-0.4, -0.2) is 17.7 Å². The number of aliphatic hydroxyl groups is 1. The van der Waals surface area contributed by atoms with E-state index in [4.69, 9.17) is 0 Å². The van der Waals surface area contributed by atoms with Crippen molar-refractivity contribution < 1.29 is 9.50 Å². The van der Waals surface area contributed by atoms with Gasteiger partial charge in [0.25, 0.3) is 0 Å². The van der Waals surface area contributed by atoms with Crippen LogP contribution < -0.4 is 5.32 Å². The van der Waals surface area contributed by atoms with Gasteiger partial charge in [0.05, 0.1) is 6.10 Å². The number of halogens is 1. The summed E-state index contributed by atoms with van der Waals surface area (Å²) in [7, 11) is 0. The molecule has 2 rings (SSSR count). The van der Waals surface area contributed by atoms with Crippen molar-refractivity contribution in [1.29, 1.82) is 0 Å². The SMILES string of the molecule is CCC(CC1CC1)NCC(O)c1ccc(F)cc1. The van der Waals surface area contributed by atoms with E-state index in [2.05, 4.69) is 12.2 Å². The maximum Gasteiger partial charge on any atom is 0.123 e. The smallest absolute Gasteiger partial charge is 0.123 e. The maximum atomic E-state index is 12.8. The molecule has 2 nitrogen and oxygen atoms in total. The van der Waals surface area contributed by atoms with Crippen LogP contribution in [0.2, 0.25) is 0 Å². The van der Waals surface area contributed by atoms with E-state index in [1.807, 2.05) is 0 Å². The summed E-state index contributed by atoms with van der Waals surface area (Å²) in [6, 6.07) is 6.56. The zero-order valence-corrected chi connectivity index (χ0v) is 10.9. The molecule has 1 aliphatic rings. The van der Waals surface area contributed by atoms with Gasteiger partial charge in [-0.15, -0.1) is 0 Å². The second-order valence-corrected chi connectivity index (χ2v) is 5.26. The first-order valence-electron chi connectivity index (χ1n) is 6.86. The number of benzene rings is 1. The lowest BCUT2D eigenvalue weighted by atomic mass is 10.1. The van der Waals surface area contributed by atoms with Crippen LogP contribution in [-0.2, 0) is 0 Å². The predicted octanol–water partition coefficient (Wildman–Crippen LogP) is 3.03. The van der Waals surface area contributed by atoms with E-state index in [1.165, 1.54) is 31.4 Å². The van der Waals surface area contributed by atoms with Gasteiger partial charge in [-0.1, -0.05) is 31.9 Å². The second kappa shape index (κ2) is 6.30. The summed E-state index contributed by atoms with van der Waals surface area (Å²) in [5.74, 6) is 0.629. The molecule has 18 heavy (non-hydrogen) atoms. The Morgan fingerprint density at radius 3 is 2.56 bits per heavy atom. The molecule has 1 saturated carbocycles. The van der Waals surface area contributed by atoms with Crippen molar-refractivity contribution in [3.8, 4) is 0 Å². The van der Waals surface area contributed by atoms with E-state index in [0.717, 1.165) is 17.9 Å². The third-order valence-corrected chi connectivity index (χ3v) is 3.66. The van der Waals surface area contributed by atoms with E-state index < -0.39 is 6.10 Å². The summed E-state index contributed by atoms with van der Waals surface area (Å²) in [5.41, 5.74) is 0.769. The molecule has 0 bridgehead atoms. The fourth-order valence-electron chi connectivity index (χ4n) is 2.23. The van der Waals surface area contributed by atoms with E-state index in [1.54, 1.807) is 12.1 Å². The molecule has 1 fully saturated rings. The first kappa shape index (κ1) is 13.5. The third kappa shape index (κ3) is 4.07. The van der Waals surface area contributed by atoms with E-state index in [0.29, 0.717) is 12.6 Å². The summed E-state index contributed by atoms with van der Waals surface area (Å²) in [5, 5.41) is 13.4. The molecule has 0 amide bonds. The van der Waals surface area contributed by atoms with Gasteiger partial charge >= 0.3 is 0 Å². The second-order valence-electron chi connectivity index (χ2n) is 5.26. The molecule has 2 unspecified atom stereocenters. The molecule has 0 heterocycles. The van der Waals surface area contributed by atoms with Gasteiger partial charge in [-0.3, -0.25) is 0 Å². The third-order valence-electron chi connectivity index (χ3n) is 3.66. The van der Waals surface area contributed by atoms with Gasteiger partial charge < -0.3 is 10.4 Å². The van der Waals surface area contributed by atoms with Gasteiger partial charge in [-0.05, 0) is 36.5 Å². The minimum Gasteiger partial charge on any atom is -0.387 e. The molecule has 0 radical (unpaired) electrons. The van der Waals surface area contributed by atoms with Crippen molar-refractivity contribution in [3.05, 3.63) is 35.6 Å². The molecule has 100 valence electrons. The highest BCUT2D eigenvalue weighted by molar-refractivity contribution is 5.18. The first-order chi connectivity index (χ1) is 8.69. The number of hydrogen-bond donors (Lipinski definition) is 2. The van der Waals surface area contributed by atoms with Crippen molar-refractivity contribution in [3.63, 3.8) is 0 Å². The quantitative estimate of drug-likeness (QED) is 0.780. The summed E-state index contributed by atoms with van der Waals surface area (Å²) in [6.07, 6.45) is 4.47. The summed E-state index contributed by atoms with van der Waals surface area (Å²) < 4.78 is 12.8. The van der Waals surface area contributed by atoms with Crippen LogP contribution in [0.4, 0.5) is 4.39 Å². The van der Waals surface area contributed by atoms with E-state index in [-0.39, 0.29) is 5.82 Å². The minimum atomic E-state index is -0.557. The van der Waals surface area contributed by atoms with Crippen LogP contribution in [0, 0.1) is 11.7 Å². The molecule has 1 aromatic carbocycles. The maximum absolute atomic E-state index is 12.8. The molecule has 2 atom stereocenters. The van der Waals surface area contributed by atoms with Crippen LogP contribution in [0.5, 0.6) is 0 Å². The molecular weight excluding hydrogens is 229 g/mol. The summed E-state index contributed by atoms with van der Waals surface area (Å²) in [6.45, 7) is 2.71. The Bertz CT molecular complexity index is 361. The lowest BCUT2D eigenvalue weighted by molar-refractivity contribution is 0.168. The van der Waals surface area contributed by atoms with Gasteiger partial charge in [-0.2, -0.15) is 0 Å². The van der Waals surface area contributed by atoms with Crippen molar-refractivity contribution in [2.45, 2.75) is 44.8 Å². The van der Waals surface area contributed by atoms with E-state index >= 15 is 0 Å². The van der Waals surface area contributed by atoms with Crippen LogP contribution in [0.3, 0.4) is 0 Å². The number of nitrogens with one attached hydrogen (secondary N) is 1. The Morgan fingerprint density at radius 2 is 2.00 bits per heavy atom. The molecule has 0 saturated heterocycles. The largest absolute Gasteiger partial charge is 0.387 e. The highest BCUT2D eigenvalue weighted by atomic mass is 19.1. The molecule has 0 spiro atoms. The highest BCUT2D eigenvalue weighted by Crippen LogP contribution is 2.34. The molecule has 1 aliphatic carbocycles. The van der Waals surface area contributed by atoms with Crippen molar-refractivity contribution in [2.75, 3.05) is 6.54 Å². The van der Waals surface area contributed by atoms with Gasteiger partial charge in [0.2, 0.25) is 0 Å². The Labute approximate surface area is 108 Å². The van der Waals surface area contributed by atoms with Crippen molar-refractivity contribution >= 4 is 0 Å². The topological polar surface area (TPSA) is 32.3 Å². The fourth-order valence-corrected chi connectivity index (χ4v) is 2.23. The zero-order valence-electron chi connectivity index (χ0n) is 10.9. The predicted molar refractivity (Wildman–Crippen MR) is 70.8 cm³/mol. The summed E-state index contributed by atoms with van der Waals surface area (Å²) in [4.78, 5) is 0. The van der Waals surface area contributed by atoms with Crippen LogP contribution in [0.25, 0.3) is 0 Å². The average Bonchev–Trinajstić information content (AvgIpc) is 3.18. The molecule has 2 N–H and O–H groups in total. The standard InChI is InChI=1S/C15H22FNO/c1-2-14(9-11-3-4-11)17-10-15(18)12-5-7-13(16)8-6-12/h5-8,11,14-15,17-18H,2-4,9-10H2,1H3. The number of aliphatic hydroxyl groups excluding tert-OH is 1. The Hall–Kier alpha value is -0.930. The minimum absolute atomic E-state index is 0.265. The monoisotopic (exact) mass is 251 g/mol. The van der Waals surface area contributed by atoms with E-state index in [9.17, 15) is 9.50 Å². The fraction of sp³-hybridized carbons (Fsp3) is 0.600. The highest BCUT2D eigenvalue weighted by Gasteiger charge is 2.24. The van der Waals surface area contributed by atoms with Gasteiger partial charge in [0.15, 0.2) is 0 Å². The number of rotatable bonds is 7. The lowest BCUT2D eigenvalue weighted by Gasteiger charge is -2.19. The van der Waals surface area contributed by atoms with Gasteiger partial charge in [0.1, 0.15) is 5.82 Å². The Morgan fingerprint density at radius 1 is 1.33 bits per heavy atom. The number of hydrogen-bond acceptors (Lipinski definition) is 2. The molecule has 0 aromatic heterocycles. The molecular formula is C15H22FNO. The normalized spacial score (nSPS) is 18.6. The Kier molecular flexibility index (Phi) is 4.72. The van der Waals surface area contributed by atoms with Crippen LogP contribution >= 0.6 is 0 Å². The summed E-state index contributed by atoms with van der Waals surface area (Å²) >= 11 is 0. The molecule has 1 aromatic rings. The van der Waals surface area contributed by atoms with Crippen molar-refractivity contribution in [2.24, 2.45) is 5.92 Å². The Balaban J connectivity index is 1.78. The van der Waals surface area contributed by atoms with Gasteiger partial charge in [-0.25, -0.2) is 4.39 Å². The van der Waals surface area contributed by atoms with Gasteiger partial charge in [0, 0.05) is 12.6 Å². The molecule has 3 heteroatoms. The zero-order chi connectivity index (χ0) is 13.0. The average molecular weight is 251 g/mol. The lowest BCUT2D eigenvalue weighted by Crippen LogP contribution is -2.32. The van der Waals surface area contributed by atoms with Crippen LogP contribution in [0.15, 0.2) is 24.3 Å². The van der Waals surface area contributed by atoms with Crippen LogP contribution in [0.1, 0.15) is 44.3 Å². The first-order valence-corrected chi connectivity index (χ1v) is 6.86. The van der Waals surface area contributed by atoms with Crippen molar-refractivity contribution in [1.82, 2.24) is 5.32 Å².